The zero-order valence-corrected chi connectivity index (χ0v) is 18.3. The minimum atomic E-state index is -0.450. The molecule has 0 aromatic heterocycles. The Morgan fingerprint density at radius 3 is 2.41 bits per heavy atom. The lowest BCUT2D eigenvalue weighted by Crippen LogP contribution is -2.61. The molecule has 0 spiro atoms. The lowest BCUT2D eigenvalue weighted by Gasteiger charge is -2.42. The van der Waals surface area contributed by atoms with Crippen LogP contribution in [0.25, 0.3) is 0 Å². The van der Waals surface area contributed by atoms with E-state index in [1.165, 1.54) is 0 Å². The number of hydrogen-bond acceptors (Lipinski definition) is 4. The topological polar surface area (TPSA) is 73.4 Å². The second-order valence-corrected chi connectivity index (χ2v) is 9.21. The number of urea groups is 1. The van der Waals surface area contributed by atoms with Crippen molar-refractivity contribution in [3.05, 3.63) is 0 Å². The summed E-state index contributed by atoms with van der Waals surface area (Å²) in [6.07, 6.45) is 2.68. The number of likely N-dealkylation sites (tertiary alicyclic amines) is 1. The zero-order valence-electron chi connectivity index (χ0n) is 18.3. The van der Waals surface area contributed by atoms with E-state index in [2.05, 4.69) is 20.8 Å². The molecule has 3 rings (SSSR count). The molecular formula is C21H36N4O4. The third kappa shape index (κ3) is 4.85. The number of amides is 4. The van der Waals surface area contributed by atoms with E-state index >= 15 is 0 Å². The van der Waals surface area contributed by atoms with Crippen LogP contribution in [0, 0.1) is 11.8 Å². The summed E-state index contributed by atoms with van der Waals surface area (Å²) < 4.78 is 5.16. The first-order valence-electron chi connectivity index (χ1n) is 10.9. The molecule has 4 amide bonds. The van der Waals surface area contributed by atoms with E-state index in [4.69, 9.17) is 4.74 Å². The molecule has 0 aliphatic carbocycles. The Hall–Kier alpha value is -1.83. The van der Waals surface area contributed by atoms with E-state index in [0.717, 1.165) is 25.9 Å². The van der Waals surface area contributed by atoms with Gasteiger partial charge < -0.3 is 24.3 Å². The Balaban J connectivity index is 1.69. The van der Waals surface area contributed by atoms with Gasteiger partial charge in [-0.3, -0.25) is 9.59 Å². The van der Waals surface area contributed by atoms with Gasteiger partial charge in [0.25, 0.3) is 0 Å². The Morgan fingerprint density at radius 1 is 1.14 bits per heavy atom. The number of hydrogen-bond donors (Lipinski definition) is 0. The lowest BCUT2D eigenvalue weighted by atomic mass is 9.97. The van der Waals surface area contributed by atoms with Crippen LogP contribution in [-0.2, 0) is 14.3 Å². The number of fused-ring (bicyclic) bond motifs is 1. The van der Waals surface area contributed by atoms with Crippen LogP contribution in [0.3, 0.4) is 0 Å². The molecule has 2 atom stereocenters. The molecule has 3 aliphatic heterocycles. The van der Waals surface area contributed by atoms with Crippen LogP contribution in [-0.4, -0.2) is 103 Å². The van der Waals surface area contributed by atoms with Gasteiger partial charge >= 0.3 is 6.03 Å². The first-order valence-corrected chi connectivity index (χ1v) is 10.9. The fourth-order valence-electron chi connectivity index (χ4n) is 4.66. The Bertz CT molecular complexity index is 618. The van der Waals surface area contributed by atoms with Gasteiger partial charge in [-0.05, 0) is 31.1 Å². The van der Waals surface area contributed by atoms with Gasteiger partial charge in [0.05, 0.1) is 12.6 Å². The molecule has 3 saturated heterocycles. The van der Waals surface area contributed by atoms with Crippen LogP contribution in [0.2, 0.25) is 0 Å². The molecule has 3 aliphatic rings. The molecule has 0 unspecified atom stereocenters. The van der Waals surface area contributed by atoms with Gasteiger partial charge in [-0.25, -0.2) is 4.79 Å². The molecule has 164 valence electrons. The first kappa shape index (κ1) is 21.9. The Labute approximate surface area is 174 Å². The van der Waals surface area contributed by atoms with Crippen molar-refractivity contribution in [3.8, 4) is 0 Å². The van der Waals surface area contributed by atoms with Crippen molar-refractivity contribution >= 4 is 17.8 Å². The molecule has 8 nitrogen and oxygen atoms in total. The van der Waals surface area contributed by atoms with Crippen molar-refractivity contribution in [1.29, 1.82) is 0 Å². The van der Waals surface area contributed by atoms with E-state index in [1.54, 1.807) is 16.9 Å². The number of carbonyl (C=O) groups is 3. The normalized spacial score (nSPS) is 26.0. The smallest absolute Gasteiger partial charge is 0.321 e. The van der Waals surface area contributed by atoms with Crippen molar-refractivity contribution in [3.63, 3.8) is 0 Å². The number of rotatable bonds is 7. The van der Waals surface area contributed by atoms with E-state index in [9.17, 15) is 14.4 Å². The maximum absolute atomic E-state index is 13.2. The fourth-order valence-corrected chi connectivity index (χ4v) is 4.66. The monoisotopic (exact) mass is 408 g/mol. The van der Waals surface area contributed by atoms with Crippen molar-refractivity contribution in [2.45, 2.75) is 52.1 Å². The zero-order chi connectivity index (χ0) is 21.1. The third-order valence-electron chi connectivity index (χ3n) is 6.40. The van der Waals surface area contributed by atoms with E-state index in [0.29, 0.717) is 44.5 Å². The van der Waals surface area contributed by atoms with Crippen molar-refractivity contribution in [1.82, 2.24) is 19.6 Å². The first-order chi connectivity index (χ1) is 13.8. The minimum absolute atomic E-state index is 0.00135. The molecule has 0 bridgehead atoms. The van der Waals surface area contributed by atoms with Crippen LogP contribution in [0.1, 0.15) is 40.0 Å². The molecule has 29 heavy (non-hydrogen) atoms. The third-order valence-corrected chi connectivity index (χ3v) is 6.40. The van der Waals surface area contributed by atoms with Crippen molar-refractivity contribution in [2.24, 2.45) is 11.8 Å². The van der Waals surface area contributed by atoms with Crippen LogP contribution < -0.4 is 0 Å². The summed E-state index contributed by atoms with van der Waals surface area (Å²) in [6.45, 7) is 10.0. The van der Waals surface area contributed by atoms with Gasteiger partial charge in [-0.1, -0.05) is 20.8 Å². The number of nitrogens with zero attached hydrogens (tertiary/aromatic N) is 4. The van der Waals surface area contributed by atoms with Crippen LogP contribution in [0.5, 0.6) is 0 Å². The summed E-state index contributed by atoms with van der Waals surface area (Å²) in [4.78, 5) is 46.1. The molecule has 0 radical (unpaired) electrons. The number of carbonyl (C=O) groups excluding carboxylic acids is 3. The van der Waals surface area contributed by atoms with Gasteiger partial charge in [0.15, 0.2) is 0 Å². The maximum atomic E-state index is 13.2. The molecule has 8 heteroatoms. The summed E-state index contributed by atoms with van der Waals surface area (Å²) in [5, 5.41) is 0. The van der Waals surface area contributed by atoms with Gasteiger partial charge in [0, 0.05) is 39.8 Å². The lowest BCUT2D eigenvalue weighted by molar-refractivity contribution is -0.143. The Morgan fingerprint density at radius 2 is 1.79 bits per heavy atom. The van der Waals surface area contributed by atoms with Crippen LogP contribution in [0.4, 0.5) is 4.79 Å². The van der Waals surface area contributed by atoms with Crippen molar-refractivity contribution < 1.29 is 19.1 Å². The maximum Gasteiger partial charge on any atom is 0.321 e. The van der Waals surface area contributed by atoms with Crippen LogP contribution in [0.15, 0.2) is 0 Å². The van der Waals surface area contributed by atoms with Crippen molar-refractivity contribution in [2.75, 3.05) is 53.0 Å². The highest BCUT2D eigenvalue weighted by Gasteiger charge is 2.49. The number of ether oxygens (including phenoxy) is 1. The number of methoxy groups -OCH3 is 1. The summed E-state index contributed by atoms with van der Waals surface area (Å²) in [7, 11) is 1.63. The highest BCUT2D eigenvalue weighted by atomic mass is 16.5. The molecule has 0 aromatic carbocycles. The second-order valence-electron chi connectivity index (χ2n) is 9.21. The molecule has 0 saturated carbocycles. The Kier molecular flexibility index (Phi) is 7.03. The van der Waals surface area contributed by atoms with Gasteiger partial charge in [0.2, 0.25) is 11.8 Å². The molecule has 3 fully saturated rings. The molecule has 3 heterocycles. The van der Waals surface area contributed by atoms with E-state index < -0.39 is 6.04 Å². The highest BCUT2D eigenvalue weighted by molar-refractivity contribution is 5.92. The second kappa shape index (κ2) is 9.32. The molecule has 0 N–H and O–H groups in total. The molecule has 0 aromatic rings. The minimum Gasteiger partial charge on any atom is -0.383 e. The van der Waals surface area contributed by atoms with Gasteiger partial charge in [0.1, 0.15) is 12.6 Å². The number of piperidine rings is 1. The van der Waals surface area contributed by atoms with E-state index in [-0.39, 0.29) is 30.4 Å². The predicted molar refractivity (Wildman–Crippen MR) is 109 cm³/mol. The highest BCUT2D eigenvalue weighted by Crippen LogP contribution is 2.29. The summed E-state index contributed by atoms with van der Waals surface area (Å²) in [6, 6.07) is -0.678. The van der Waals surface area contributed by atoms with Gasteiger partial charge in [-0.2, -0.15) is 0 Å². The summed E-state index contributed by atoms with van der Waals surface area (Å²) in [5.41, 5.74) is 0. The van der Waals surface area contributed by atoms with E-state index in [1.807, 2.05) is 9.80 Å². The van der Waals surface area contributed by atoms with Crippen LogP contribution >= 0.6 is 0 Å². The summed E-state index contributed by atoms with van der Waals surface area (Å²) in [5.74, 6) is 0.972. The average molecular weight is 409 g/mol. The predicted octanol–water partition coefficient (Wildman–Crippen LogP) is 1.25. The molecular weight excluding hydrogens is 372 g/mol. The number of piperazine rings is 1. The average Bonchev–Trinajstić information content (AvgIpc) is 2.98. The largest absolute Gasteiger partial charge is 0.383 e. The standard InChI is InChI=1S/C21H36N4O4/c1-15(2)11-18-20(27)23(9-10-29-4)12-17-13-24(21(28)25(17)18)14-19(26)22-7-5-16(3)6-8-22/h15-18H,5-14H2,1-4H3/t17-,18-/m0/s1. The SMILES string of the molecule is COCCN1C[C@H]2CN(CC(=O)N3CCC(C)CC3)C(=O)N2[C@@H](CC(C)C)C1=O. The fraction of sp³-hybridized carbons (Fsp3) is 0.857. The van der Waals surface area contributed by atoms with Gasteiger partial charge in [-0.15, -0.1) is 0 Å². The summed E-state index contributed by atoms with van der Waals surface area (Å²) >= 11 is 0. The quantitative estimate of drug-likeness (QED) is 0.636.